The van der Waals surface area contributed by atoms with Crippen LogP contribution in [-0.2, 0) is 0 Å². The summed E-state index contributed by atoms with van der Waals surface area (Å²) in [5, 5.41) is 27.4. The standard InChI is InChI=1S/C13H10ClN7O/c14-11-4-5-12(21-20-11)22-9-3-1-2-8(6-9)18-19-10(7-15)13(16)17/h1-6,18H,(H3,16,17)/b19-10+. The van der Waals surface area contributed by atoms with Crippen LogP contribution in [0.15, 0.2) is 41.5 Å². The fraction of sp³-hybridized carbons (Fsp3) is 0. The van der Waals surface area contributed by atoms with Gasteiger partial charge in [-0.05, 0) is 18.2 Å². The van der Waals surface area contributed by atoms with E-state index in [2.05, 4.69) is 20.7 Å². The number of ether oxygens (including phenoxy) is 1. The van der Waals surface area contributed by atoms with Crippen LogP contribution in [0.5, 0.6) is 11.6 Å². The van der Waals surface area contributed by atoms with Crippen molar-refractivity contribution in [2.24, 2.45) is 10.8 Å². The number of rotatable bonds is 5. The number of nitrogens with zero attached hydrogens (tertiary/aromatic N) is 4. The zero-order valence-corrected chi connectivity index (χ0v) is 11.9. The summed E-state index contributed by atoms with van der Waals surface area (Å²) in [5.74, 6) is 0.350. The van der Waals surface area contributed by atoms with Crippen LogP contribution in [0, 0.1) is 16.7 Å². The molecule has 1 heterocycles. The zero-order chi connectivity index (χ0) is 15.9. The molecule has 1 aromatic carbocycles. The molecule has 0 fully saturated rings. The predicted octanol–water partition coefficient (Wildman–Crippen LogP) is 2.15. The van der Waals surface area contributed by atoms with Gasteiger partial charge in [0, 0.05) is 12.1 Å². The average Bonchev–Trinajstić information content (AvgIpc) is 2.50. The molecule has 9 heteroatoms. The highest BCUT2D eigenvalue weighted by Crippen LogP contribution is 2.22. The molecule has 2 aromatic rings. The van der Waals surface area contributed by atoms with Crippen molar-refractivity contribution in [1.29, 1.82) is 10.7 Å². The predicted molar refractivity (Wildman–Crippen MR) is 82.1 cm³/mol. The summed E-state index contributed by atoms with van der Waals surface area (Å²) in [7, 11) is 0. The average molecular weight is 316 g/mol. The maximum Gasteiger partial charge on any atom is 0.238 e. The Morgan fingerprint density at radius 3 is 2.82 bits per heavy atom. The van der Waals surface area contributed by atoms with E-state index in [0.717, 1.165) is 0 Å². The van der Waals surface area contributed by atoms with E-state index in [9.17, 15) is 0 Å². The number of halogens is 1. The molecule has 1 aromatic heterocycles. The van der Waals surface area contributed by atoms with Crippen molar-refractivity contribution in [3.05, 3.63) is 41.6 Å². The Bertz CT molecular complexity index is 752. The van der Waals surface area contributed by atoms with Gasteiger partial charge in [-0.15, -0.1) is 10.2 Å². The highest BCUT2D eigenvalue weighted by molar-refractivity contribution is 6.45. The van der Waals surface area contributed by atoms with Gasteiger partial charge in [0.15, 0.2) is 11.0 Å². The number of nitriles is 1. The molecule has 22 heavy (non-hydrogen) atoms. The summed E-state index contributed by atoms with van der Waals surface area (Å²) in [4.78, 5) is 0. The van der Waals surface area contributed by atoms with E-state index in [1.165, 1.54) is 0 Å². The molecule has 0 atom stereocenters. The van der Waals surface area contributed by atoms with Gasteiger partial charge < -0.3 is 10.5 Å². The first-order valence-corrected chi connectivity index (χ1v) is 6.31. The van der Waals surface area contributed by atoms with E-state index < -0.39 is 5.84 Å². The molecule has 0 saturated heterocycles. The molecule has 8 nitrogen and oxygen atoms in total. The number of hydrazone groups is 1. The van der Waals surface area contributed by atoms with Gasteiger partial charge in [-0.25, -0.2) is 0 Å². The first-order valence-electron chi connectivity index (χ1n) is 5.94. The molecule has 110 valence electrons. The van der Waals surface area contributed by atoms with Gasteiger partial charge in [0.25, 0.3) is 0 Å². The Morgan fingerprint density at radius 1 is 1.36 bits per heavy atom. The van der Waals surface area contributed by atoms with Crippen LogP contribution in [0.2, 0.25) is 5.15 Å². The van der Waals surface area contributed by atoms with Gasteiger partial charge in [-0.2, -0.15) is 10.4 Å². The number of nitrogens with two attached hydrogens (primary N) is 1. The maximum absolute atomic E-state index is 8.75. The van der Waals surface area contributed by atoms with Crippen molar-refractivity contribution >= 4 is 28.8 Å². The fourth-order valence-electron chi connectivity index (χ4n) is 1.37. The van der Waals surface area contributed by atoms with Crippen LogP contribution >= 0.6 is 11.6 Å². The lowest BCUT2D eigenvalue weighted by Gasteiger charge is -2.06. The lowest BCUT2D eigenvalue weighted by molar-refractivity contribution is 0.455. The van der Waals surface area contributed by atoms with Crippen LogP contribution in [0.25, 0.3) is 0 Å². The van der Waals surface area contributed by atoms with Crippen LogP contribution in [0.3, 0.4) is 0 Å². The van der Waals surface area contributed by atoms with Gasteiger partial charge in [0.1, 0.15) is 11.8 Å². The summed E-state index contributed by atoms with van der Waals surface area (Å²) in [5.41, 5.74) is 8.15. The van der Waals surface area contributed by atoms with E-state index in [1.807, 2.05) is 0 Å². The number of hydrogen-bond donors (Lipinski definition) is 3. The van der Waals surface area contributed by atoms with E-state index in [4.69, 9.17) is 32.7 Å². The number of hydrogen-bond acceptors (Lipinski definition) is 7. The monoisotopic (exact) mass is 315 g/mol. The van der Waals surface area contributed by atoms with Gasteiger partial charge in [-0.1, -0.05) is 17.7 Å². The summed E-state index contributed by atoms with van der Waals surface area (Å²) in [6.07, 6.45) is 0. The van der Waals surface area contributed by atoms with Crippen molar-refractivity contribution in [2.45, 2.75) is 0 Å². The second kappa shape index (κ2) is 7.01. The molecule has 0 amide bonds. The minimum atomic E-state index is -0.418. The van der Waals surface area contributed by atoms with E-state index >= 15 is 0 Å². The Hall–Kier alpha value is -3.18. The Balaban J connectivity index is 2.12. The molecule has 0 aliphatic carbocycles. The molecule has 0 spiro atoms. The Kier molecular flexibility index (Phi) is 4.85. The minimum absolute atomic E-state index is 0.213. The molecule has 0 bridgehead atoms. The molecular formula is C13H10ClN7O. The third-order valence-corrected chi connectivity index (χ3v) is 2.52. The second-order valence-corrected chi connectivity index (χ2v) is 4.31. The lowest BCUT2D eigenvalue weighted by Crippen LogP contribution is -2.21. The van der Waals surface area contributed by atoms with Crippen LogP contribution in [-0.4, -0.2) is 21.7 Å². The molecule has 0 saturated carbocycles. The lowest BCUT2D eigenvalue weighted by atomic mass is 10.3. The SMILES string of the molecule is N#C/C(=N\Nc1cccc(Oc2ccc(Cl)nn2)c1)C(=N)N. The maximum atomic E-state index is 8.75. The Morgan fingerprint density at radius 2 is 2.18 bits per heavy atom. The first-order chi connectivity index (χ1) is 10.6. The van der Waals surface area contributed by atoms with Gasteiger partial charge in [0.2, 0.25) is 11.6 Å². The zero-order valence-electron chi connectivity index (χ0n) is 11.1. The van der Waals surface area contributed by atoms with Crippen molar-refractivity contribution in [3.63, 3.8) is 0 Å². The quantitative estimate of drug-likeness (QED) is 0.440. The van der Waals surface area contributed by atoms with Crippen molar-refractivity contribution in [3.8, 4) is 17.7 Å². The number of nitrogens with one attached hydrogen (secondary N) is 2. The smallest absolute Gasteiger partial charge is 0.238 e. The van der Waals surface area contributed by atoms with Crippen molar-refractivity contribution in [2.75, 3.05) is 5.43 Å². The highest BCUT2D eigenvalue weighted by Gasteiger charge is 2.03. The molecular weight excluding hydrogens is 306 g/mol. The van der Waals surface area contributed by atoms with Crippen molar-refractivity contribution in [1.82, 2.24) is 10.2 Å². The third kappa shape index (κ3) is 4.16. The largest absolute Gasteiger partial charge is 0.437 e. The van der Waals surface area contributed by atoms with E-state index in [1.54, 1.807) is 42.5 Å². The van der Waals surface area contributed by atoms with Crippen molar-refractivity contribution < 1.29 is 4.74 Å². The summed E-state index contributed by atoms with van der Waals surface area (Å²) in [6.45, 7) is 0. The third-order valence-electron chi connectivity index (χ3n) is 2.32. The molecule has 2 rings (SSSR count). The fourth-order valence-corrected chi connectivity index (χ4v) is 1.47. The van der Waals surface area contributed by atoms with Crippen LogP contribution in [0.1, 0.15) is 0 Å². The highest BCUT2D eigenvalue weighted by atomic mass is 35.5. The number of aromatic nitrogens is 2. The first kappa shape index (κ1) is 15.2. The molecule has 0 aliphatic heterocycles. The number of amidine groups is 1. The van der Waals surface area contributed by atoms with Crippen LogP contribution < -0.4 is 15.9 Å². The summed E-state index contributed by atoms with van der Waals surface area (Å²) < 4.78 is 5.50. The van der Waals surface area contributed by atoms with Gasteiger partial charge >= 0.3 is 0 Å². The summed E-state index contributed by atoms with van der Waals surface area (Å²) >= 11 is 5.64. The van der Waals surface area contributed by atoms with Crippen LogP contribution in [0.4, 0.5) is 5.69 Å². The minimum Gasteiger partial charge on any atom is -0.437 e. The number of anilines is 1. The van der Waals surface area contributed by atoms with E-state index in [-0.39, 0.29) is 16.7 Å². The molecule has 0 aliphatic rings. The second-order valence-electron chi connectivity index (χ2n) is 3.92. The molecule has 4 N–H and O–H groups in total. The van der Waals surface area contributed by atoms with E-state index in [0.29, 0.717) is 11.4 Å². The molecule has 0 unspecified atom stereocenters. The number of benzene rings is 1. The van der Waals surface area contributed by atoms with Gasteiger partial charge in [0.05, 0.1) is 5.69 Å². The summed E-state index contributed by atoms with van der Waals surface area (Å²) in [6, 6.07) is 11.6. The Labute approximate surface area is 130 Å². The normalized spacial score (nSPS) is 10.6. The van der Waals surface area contributed by atoms with Gasteiger partial charge in [-0.3, -0.25) is 10.8 Å². The topological polar surface area (TPSA) is 133 Å². The molecule has 0 radical (unpaired) electrons.